The molecule has 0 bridgehead atoms. The second kappa shape index (κ2) is 10.7. The number of amides is 1. The molecule has 0 saturated carbocycles. The average Bonchev–Trinajstić information content (AvgIpc) is 3.08. The van der Waals surface area contributed by atoms with Crippen molar-refractivity contribution in [3.05, 3.63) is 35.9 Å². The molecular formula is C18H21ClF3N5O2S. The van der Waals surface area contributed by atoms with Gasteiger partial charge in [-0.3, -0.25) is 19.0 Å². The molecule has 2 rings (SSSR count). The first-order chi connectivity index (χ1) is 14.2. The van der Waals surface area contributed by atoms with Crippen molar-refractivity contribution in [2.75, 3.05) is 30.0 Å². The number of carbonyl (C=O) groups is 1. The van der Waals surface area contributed by atoms with Crippen LogP contribution in [0.1, 0.15) is 19.8 Å². The molecule has 0 aromatic carbocycles. The Morgan fingerprint density at radius 1 is 1.40 bits per heavy atom. The summed E-state index contributed by atoms with van der Waals surface area (Å²) in [6.07, 6.45) is -0.845. The summed E-state index contributed by atoms with van der Waals surface area (Å²) in [5, 5.41) is 4.26. The Labute approximate surface area is 179 Å². The third-order valence-electron chi connectivity index (χ3n) is 4.06. The van der Waals surface area contributed by atoms with Gasteiger partial charge in [0.2, 0.25) is 0 Å². The molecule has 30 heavy (non-hydrogen) atoms. The van der Waals surface area contributed by atoms with E-state index in [1.54, 1.807) is 37.6 Å². The SMILES string of the molecule is CCN(C(=O)C(CS(=O)CCCC(F)(F)F)=NC)c1cn(-c2cccnc2)nc1Cl. The Bertz CT molecular complexity index is 918. The summed E-state index contributed by atoms with van der Waals surface area (Å²) in [7, 11) is -0.281. The normalized spacial score (nSPS) is 13.3. The van der Waals surface area contributed by atoms with Crippen LogP contribution in [0.25, 0.3) is 5.69 Å². The Hall–Kier alpha value is -2.27. The topological polar surface area (TPSA) is 80.5 Å². The minimum absolute atomic E-state index is 0.00705. The van der Waals surface area contributed by atoms with Gasteiger partial charge in [-0.2, -0.15) is 18.3 Å². The Morgan fingerprint density at radius 2 is 2.13 bits per heavy atom. The van der Waals surface area contributed by atoms with E-state index in [0.717, 1.165) is 0 Å². The molecule has 1 amide bonds. The number of carbonyl (C=O) groups excluding carboxylic acids is 1. The Balaban J connectivity index is 2.12. The van der Waals surface area contributed by atoms with Crippen molar-refractivity contribution in [1.82, 2.24) is 14.8 Å². The van der Waals surface area contributed by atoms with Crippen LogP contribution < -0.4 is 4.90 Å². The van der Waals surface area contributed by atoms with Crippen LogP contribution >= 0.6 is 11.6 Å². The van der Waals surface area contributed by atoms with Crippen molar-refractivity contribution in [3.63, 3.8) is 0 Å². The van der Waals surface area contributed by atoms with Gasteiger partial charge in [0.15, 0.2) is 5.15 Å². The quantitative estimate of drug-likeness (QED) is 0.533. The van der Waals surface area contributed by atoms with Crippen molar-refractivity contribution < 1.29 is 22.2 Å². The van der Waals surface area contributed by atoms with Crippen molar-refractivity contribution in [3.8, 4) is 5.69 Å². The number of aliphatic imine (C=N–C) groups is 1. The third kappa shape index (κ3) is 6.63. The number of halogens is 4. The Kier molecular flexibility index (Phi) is 8.54. The molecule has 2 heterocycles. The van der Waals surface area contributed by atoms with Crippen molar-refractivity contribution in [2.45, 2.75) is 25.9 Å². The van der Waals surface area contributed by atoms with Gasteiger partial charge in [0.25, 0.3) is 5.91 Å². The number of hydrogen-bond acceptors (Lipinski definition) is 5. The van der Waals surface area contributed by atoms with Crippen molar-refractivity contribution in [2.24, 2.45) is 4.99 Å². The zero-order valence-corrected chi connectivity index (χ0v) is 18.0. The van der Waals surface area contributed by atoms with E-state index in [1.807, 2.05) is 0 Å². The highest BCUT2D eigenvalue weighted by molar-refractivity contribution is 7.85. The molecule has 0 radical (unpaired) electrons. The molecule has 1 unspecified atom stereocenters. The van der Waals surface area contributed by atoms with Crippen LogP contribution in [-0.4, -0.2) is 61.9 Å². The number of alkyl halides is 3. The summed E-state index contributed by atoms with van der Waals surface area (Å²) >= 11 is 6.22. The lowest BCUT2D eigenvalue weighted by molar-refractivity contribution is -0.134. The lowest BCUT2D eigenvalue weighted by Crippen LogP contribution is -2.39. The maximum absolute atomic E-state index is 12.9. The van der Waals surface area contributed by atoms with E-state index in [2.05, 4.69) is 15.1 Å². The highest BCUT2D eigenvalue weighted by Crippen LogP contribution is 2.26. The predicted octanol–water partition coefficient (Wildman–Crippen LogP) is 3.44. The fraction of sp³-hybridized carbons (Fsp3) is 0.444. The van der Waals surface area contributed by atoms with Crippen LogP contribution in [0.3, 0.4) is 0 Å². The zero-order valence-electron chi connectivity index (χ0n) is 16.4. The van der Waals surface area contributed by atoms with E-state index in [9.17, 15) is 22.2 Å². The summed E-state index contributed by atoms with van der Waals surface area (Å²) in [6, 6.07) is 3.49. The number of rotatable bonds is 9. The van der Waals surface area contributed by atoms with Crippen molar-refractivity contribution in [1.29, 1.82) is 0 Å². The predicted molar refractivity (Wildman–Crippen MR) is 111 cm³/mol. The summed E-state index contributed by atoms with van der Waals surface area (Å²) in [5.41, 5.74) is 0.966. The maximum Gasteiger partial charge on any atom is 0.389 e. The first-order valence-electron chi connectivity index (χ1n) is 9.01. The van der Waals surface area contributed by atoms with Gasteiger partial charge in [-0.05, 0) is 25.5 Å². The van der Waals surface area contributed by atoms with Crippen LogP contribution in [0, 0.1) is 0 Å². The molecule has 1 atom stereocenters. The van der Waals surface area contributed by atoms with Crippen LogP contribution in [-0.2, 0) is 15.6 Å². The molecule has 2 aromatic rings. The maximum atomic E-state index is 12.9. The molecule has 0 fully saturated rings. The highest BCUT2D eigenvalue weighted by Gasteiger charge is 2.28. The number of pyridine rings is 1. The smallest absolute Gasteiger partial charge is 0.303 e. The number of anilines is 1. The van der Waals surface area contributed by atoms with E-state index < -0.39 is 29.3 Å². The lowest BCUT2D eigenvalue weighted by atomic mass is 10.3. The highest BCUT2D eigenvalue weighted by atomic mass is 35.5. The average molecular weight is 464 g/mol. The molecule has 164 valence electrons. The minimum atomic E-state index is -4.30. The zero-order chi connectivity index (χ0) is 22.3. The number of aromatic nitrogens is 3. The van der Waals surface area contributed by atoms with Gasteiger partial charge >= 0.3 is 6.18 Å². The molecule has 0 aliphatic carbocycles. The van der Waals surface area contributed by atoms with E-state index in [4.69, 9.17) is 11.6 Å². The monoisotopic (exact) mass is 463 g/mol. The molecule has 0 N–H and O–H groups in total. The second-order valence-corrected chi connectivity index (χ2v) is 8.12. The second-order valence-electron chi connectivity index (χ2n) is 6.19. The summed E-state index contributed by atoms with van der Waals surface area (Å²) in [6.45, 7) is 1.96. The summed E-state index contributed by atoms with van der Waals surface area (Å²) in [5.74, 6) is -0.938. The van der Waals surface area contributed by atoms with E-state index in [1.165, 1.54) is 16.6 Å². The minimum Gasteiger partial charge on any atom is -0.303 e. The molecule has 0 aliphatic rings. The first-order valence-corrected chi connectivity index (χ1v) is 10.9. The number of nitrogens with zero attached hydrogens (tertiary/aromatic N) is 5. The van der Waals surface area contributed by atoms with Gasteiger partial charge in [0, 0.05) is 42.8 Å². The molecular weight excluding hydrogens is 443 g/mol. The largest absolute Gasteiger partial charge is 0.389 e. The molecule has 0 aliphatic heterocycles. The fourth-order valence-corrected chi connectivity index (χ4v) is 4.01. The van der Waals surface area contributed by atoms with Gasteiger partial charge in [-0.1, -0.05) is 11.6 Å². The third-order valence-corrected chi connectivity index (χ3v) is 5.67. The van der Waals surface area contributed by atoms with Crippen LogP contribution in [0.4, 0.5) is 18.9 Å². The van der Waals surface area contributed by atoms with E-state index >= 15 is 0 Å². The fourth-order valence-electron chi connectivity index (χ4n) is 2.61. The summed E-state index contributed by atoms with van der Waals surface area (Å²) < 4.78 is 50.4. The molecule has 7 nitrogen and oxygen atoms in total. The van der Waals surface area contributed by atoms with Gasteiger partial charge < -0.3 is 4.90 Å². The van der Waals surface area contributed by atoms with Crippen LogP contribution in [0.15, 0.2) is 35.7 Å². The van der Waals surface area contributed by atoms with Gasteiger partial charge in [-0.15, -0.1) is 0 Å². The van der Waals surface area contributed by atoms with Gasteiger partial charge in [0.1, 0.15) is 11.4 Å². The number of hydrogen-bond donors (Lipinski definition) is 0. The van der Waals surface area contributed by atoms with Crippen LogP contribution in [0.2, 0.25) is 5.15 Å². The van der Waals surface area contributed by atoms with Crippen molar-refractivity contribution >= 4 is 39.7 Å². The first kappa shape index (κ1) is 24.0. The molecule has 2 aromatic heterocycles. The Morgan fingerprint density at radius 3 is 2.70 bits per heavy atom. The van der Waals surface area contributed by atoms with Gasteiger partial charge in [-0.25, -0.2) is 4.68 Å². The molecule has 0 spiro atoms. The standard InChI is InChI=1S/C18H21ClF3N5O2S/c1-3-26(15-11-27(25-16(15)19)13-6-4-8-24-10-13)17(28)14(23-2)12-30(29)9-5-7-18(20,21)22/h4,6,8,10-11H,3,5,7,9,12H2,1-2H3. The van der Waals surface area contributed by atoms with Crippen LogP contribution in [0.5, 0.6) is 0 Å². The lowest BCUT2D eigenvalue weighted by Gasteiger charge is -2.20. The van der Waals surface area contributed by atoms with Gasteiger partial charge in [0.05, 0.1) is 23.8 Å². The summed E-state index contributed by atoms with van der Waals surface area (Å²) in [4.78, 5) is 22.2. The molecule has 12 heteroatoms. The molecule has 0 saturated heterocycles. The van der Waals surface area contributed by atoms with E-state index in [0.29, 0.717) is 11.4 Å². The van der Waals surface area contributed by atoms with E-state index in [-0.39, 0.29) is 35.3 Å².